The van der Waals surface area contributed by atoms with Gasteiger partial charge in [-0.15, -0.1) is 10.2 Å². The predicted octanol–water partition coefficient (Wildman–Crippen LogP) is 6.65. The van der Waals surface area contributed by atoms with Gasteiger partial charge < -0.3 is 4.42 Å². The second-order valence-corrected chi connectivity index (χ2v) is 9.49. The van der Waals surface area contributed by atoms with E-state index in [2.05, 4.69) is 92.5 Å². The van der Waals surface area contributed by atoms with E-state index in [1.165, 1.54) is 24.0 Å². The van der Waals surface area contributed by atoms with Crippen LogP contribution < -0.4 is 0 Å². The van der Waals surface area contributed by atoms with Crippen LogP contribution in [0.1, 0.15) is 76.3 Å². The maximum absolute atomic E-state index is 6.16. The average Bonchev–Trinajstić information content (AvgIpc) is 3.20. The van der Waals surface area contributed by atoms with Gasteiger partial charge in [-0.3, -0.25) is 0 Å². The molecule has 1 aliphatic rings. The summed E-state index contributed by atoms with van der Waals surface area (Å²) < 4.78 is 6.16. The van der Waals surface area contributed by atoms with Gasteiger partial charge in [0.25, 0.3) is 0 Å². The maximum Gasteiger partial charge on any atom is 0.247 e. The smallest absolute Gasteiger partial charge is 0.247 e. The van der Waals surface area contributed by atoms with E-state index in [0.29, 0.717) is 11.8 Å². The van der Waals surface area contributed by atoms with E-state index in [1.807, 2.05) is 0 Å². The molecule has 3 aromatic rings. The molecule has 1 heterocycles. The summed E-state index contributed by atoms with van der Waals surface area (Å²) in [4.78, 5) is 0. The Morgan fingerprint density at radius 3 is 2.14 bits per heavy atom. The first kappa shape index (κ1) is 18.9. The molecular weight excluding hydrogens is 344 g/mol. The van der Waals surface area contributed by atoms with Gasteiger partial charge in [-0.2, -0.15) is 0 Å². The van der Waals surface area contributed by atoms with Crippen LogP contribution in [0, 0.1) is 0 Å². The number of rotatable bonds is 3. The molecule has 28 heavy (non-hydrogen) atoms. The molecule has 3 nitrogen and oxygen atoms in total. The molecule has 1 aromatic heterocycles. The molecule has 3 heteroatoms. The molecule has 146 valence electrons. The van der Waals surface area contributed by atoms with Crippen molar-refractivity contribution in [2.45, 2.75) is 70.1 Å². The Morgan fingerprint density at radius 2 is 1.54 bits per heavy atom. The van der Waals surface area contributed by atoms with E-state index < -0.39 is 0 Å². The molecule has 1 aliphatic carbocycles. The van der Waals surface area contributed by atoms with Crippen molar-refractivity contribution in [3.05, 3.63) is 71.6 Å². The maximum atomic E-state index is 6.16. The highest BCUT2D eigenvalue weighted by Crippen LogP contribution is 2.44. The summed E-state index contributed by atoms with van der Waals surface area (Å²) in [6, 6.07) is 19.4. The fourth-order valence-corrected chi connectivity index (χ4v) is 4.22. The Labute approximate surface area is 168 Å². The average molecular weight is 375 g/mol. The summed E-state index contributed by atoms with van der Waals surface area (Å²) in [5, 5.41) is 8.80. The van der Waals surface area contributed by atoms with Gasteiger partial charge in [0.05, 0.1) is 0 Å². The quantitative estimate of drug-likeness (QED) is 0.515. The Balaban J connectivity index is 1.48. The summed E-state index contributed by atoms with van der Waals surface area (Å²) >= 11 is 0. The van der Waals surface area contributed by atoms with Crippen molar-refractivity contribution < 1.29 is 4.42 Å². The molecule has 0 radical (unpaired) electrons. The molecule has 0 aliphatic heterocycles. The Hall–Kier alpha value is -2.42. The Bertz CT molecular complexity index is 911. The summed E-state index contributed by atoms with van der Waals surface area (Å²) in [6.07, 6.45) is 4.49. The minimum absolute atomic E-state index is 0.0259. The first-order chi connectivity index (χ1) is 13.4. The standard InChI is InChI=1S/C25H30N2O/c1-24(2,3)21-12-10-20(11-13-21)22-26-27-23(28-22)25(4)16-14-19(15-17-25)18-8-6-5-7-9-18/h5-13,19H,14-17H2,1-4H3. The molecule has 1 fully saturated rings. The number of hydrogen-bond acceptors (Lipinski definition) is 3. The highest BCUT2D eigenvalue weighted by atomic mass is 16.4. The van der Waals surface area contributed by atoms with Gasteiger partial charge in [0, 0.05) is 11.0 Å². The minimum atomic E-state index is -0.0259. The number of hydrogen-bond donors (Lipinski definition) is 0. The molecule has 0 saturated heterocycles. The second-order valence-electron chi connectivity index (χ2n) is 9.49. The van der Waals surface area contributed by atoms with Gasteiger partial charge in [0.1, 0.15) is 0 Å². The minimum Gasteiger partial charge on any atom is -0.420 e. The van der Waals surface area contributed by atoms with Crippen LogP contribution in [0.15, 0.2) is 59.0 Å². The van der Waals surface area contributed by atoms with Crippen LogP contribution in [0.4, 0.5) is 0 Å². The van der Waals surface area contributed by atoms with Crippen molar-refractivity contribution in [2.24, 2.45) is 0 Å². The molecule has 0 spiro atoms. The van der Waals surface area contributed by atoms with Crippen molar-refractivity contribution in [1.29, 1.82) is 0 Å². The summed E-state index contributed by atoms with van der Waals surface area (Å²) in [6.45, 7) is 8.94. The van der Waals surface area contributed by atoms with Crippen LogP contribution >= 0.6 is 0 Å². The Kier molecular flexibility index (Phi) is 4.86. The van der Waals surface area contributed by atoms with Crippen molar-refractivity contribution >= 4 is 0 Å². The van der Waals surface area contributed by atoms with Gasteiger partial charge in [0.15, 0.2) is 0 Å². The first-order valence-corrected chi connectivity index (χ1v) is 10.3. The van der Waals surface area contributed by atoms with Gasteiger partial charge in [-0.25, -0.2) is 0 Å². The van der Waals surface area contributed by atoms with E-state index in [0.717, 1.165) is 24.3 Å². The third kappa shape index (κ3) is 3.76. The molecule has 0 N–H and O–H groups in total. The van der Waals surface area contributed by atoms with Crippen molar-refractivity contribution in [2.75, 3.05) is 0 Å². The van der Waals surface area contributed by atoms with Crippen LogP contribution in [0.5, 0.6) is 0 Å². The fraction of sp³-hybridized carbons (Fsp3) is 0.440. The van der Waals surface area contributed by atoms with Gasteiger partial charge in [-0.1, -0.05) is 70.2 Å². The van der Waals surface area contributed by atoms with E-state index in [-0.39, 0.29) is 10.8 Å². The third-order valence-electron chi connectivity index (χ3n) is 6.30. The lowest BCUT2D eigenvalue weighted by molar-refractivity contribution is 0.241. The zero-order valence-electron chi connectivity index (χ0n) is 17.4. The van der Waals surface area contributed by atoms with E-state index in [9.17, 15) is 0 Å². The largest absolute Gasteiger partial charge is 0.420 e. The molecule has 2 aromatic carbocycles. The lowest BCUT2D eigenvalue weighted by atomic mass is 9.70. The van der Waals surface area contributed by atoms with Gasteiger partial charge in [-0.05, 0) is 60.3 Å². The summed E-state index contributed by atoms with van der Waals surface area (Å²) in [7, 11) is 0. The number of aromatic nitrogens is 2. The van der Waals surface area contributed by atoms with Gasteiger partial charge in [0.2, 0.25) is 11.8 Å². The topological polar surface area (TPSA) is 38.9 Å². The summed E-state index contributed by atoms with van der Waals surface area (Å²) in [5.41, 5.74) is 3.87. The highest BCUT2D eigenvalue weighted by Gasteiger charge is 2.37. The molecule has 1 saturated carbocycles. The second kappa shape index (κ2) is 7.20. The highest BCUT2D eigenvalue weighted by molar-refractivity contribution is 5.53. The van der Waals surface area contributed by atoms with Crippen molar-refractivity contribution in [3.63, 3.8) is 0 Å². The molecular formula is C25H30N2O. The third-order valence-corrected chi connectivity index (χ3v) is 6.30. The zero-order chi connectivity index (χ0) is 19.8. The van der Waals surface area contributed by atoms with Crippen LogP contribution in [0.25, 0.3) is 11.5 Å². The zero-order valence-corrected chi connectivity index (χ0v) is 17.4. The molecule has 0 amide bonds. The molecule has 4 rings (SSSR count). The lowest BCUT2D eigenvalue weighted by Crippen LogP contribution is -2.28. The SMILES string of the molecule is CC(C)(C)c1ccc(-c2nnc(C3(C)CCC(c4ccccc4)CC3)o2)cc1. The van der Waals surface area contributed by atoms with Crippen LogP contribution in [0.2, 0.25) is 0 Å². The van der Waals surface area contributed by atoms with Crippen LogP contribution in [-0.4, -0.2) is 10.2 Å². The van der Waals surface area contributed by atoms with Crippen molar-refractivity contribution in [3.8, 4) is 11.5 Å². The lowest BCUT2D eigenvalue weighted by Gasteiger charge is -2.34. The van der Waals surface area contributed by atoms with Crippen molar-refractivity contribution in [1.82, 2.24) is 10.2 Å². The first-order valence-electron chi connectivity index (χ1n) is 10.3. The van der Waals surface area contributed by atoms with Crippen LogP contribution in [-0.2, 0) is 10.8 Å². The number of nitrogens with zero attached hydrogens (tertiary/aromatic N) is 2. The van der Waals surface area contributed by atoms with E-state index in [1.54, 1.807) is 0 Å². The number of benzene rings is 2. The molecule has 0 bridgehead atoms. The normalized spacial score (nSPS) is 22.9. The van der Waals surface area contributed by atoms with E-state index >= 15 is 0 Å². The summed E-state index contributed by atoms with van der Waals surface area (Å²) in [5.74, 6) is 2.05. The Morgan fingerprint density at radius 1 is 0.893 bits per heavy atom. The predicted molar refractivity (Wildman–Crippen MR) is 113 cm³/mol. The molecule has 0 unspecified atom stereocenters. The fourth-order valence-electron chi connectivity index (χ4n) is 4.22. The van der Waals surface area contributed by atoms with Crippen LogP contribution in [0.3, 0.4) is 0 Å². The molecule has 0 atom stereocenters. The van der Waals surface area contributed by atoms with E-state index in [4.69, 9.17) is 4.42 Å². The monoisotopic (exact) mass is 374 g/mol. The van der Waals surface area contributed by atoms with Gasteiger partial charge >= 0.3 is 0 Å².